The molecule has 1 heterocycles. The first-order chi connectivity index (χ1) is 12.5. The fourth-order valence-electron chi connectivity index (χ4n) is 2.87. The Hall–Kier alpha value is -2.38. The van der Waals surface area contributed by atoms with E-state index in [-0.39, 0.29) is 11.9 Å². The lowest BCUT2D eigenvalue weighted by atomic mass is 9.95. The molecule has 0 fully saturated rings. The summed E-state index contributed by atoms with van der Waals surface area (Å²) in [6.07, 6.45) is 0. The normalized spacial score (nSPS) is 16.6. The van der Waals surface area contributed by atoms with Crippen LogP contribution in [0.1, 0.15) is 18.5 Å². The number of anilines is 1. The van der Waals surface area contributed by atoms with Crippen LogP contribution >= 0.6 is 28.1 Å². The Kier molecular flexibility index (Phi) is 5.58. The number of allylic oxidation sites excluding steroid dienone is 1. The molecule has 1 atom stereocenters. The number of para-hydroxylation sites is 2. The van der Waals surface area contributed by atoms with Crippen LogP contribution in [-0.4, -0.2) is 18.1 Å². The molecule has 0 spiro atoms. The van der Waals surface area contributed by atoms with Crippen molar-refractivity contribution in [1.29, 1.82) is 0 Å². The number of carbonyl (C=O) groups excluding carboxylic acids is 1. The van der Waals surface area contributed by atoms with Crippen LogP contribution in [0.4, 0.5) is 5.69 Å². The Labute approximate surface area is 165 Å². The first kappa shape index (κ1) is 18.4. The van der Waals surface area contributed by atoms with Gasteiger partial charge in [0.05, 0.1) is 24.4 Å². The van der Waals surface area contributed by atoms with Crippen molar-refractivity contribution in [3.63, 3.8) is 0 Å². The maximum atomic E-state index is 13.1. The second-order valence-corrected chi connectivity index (χ2v) is 7.01. The van der Waals surface area contributed by atoms with Crippen molar-refractivity contribution in [2.75, 3.05) is 12.4 Å². The van der Waals surface area contributed by atoms with Crippen molar-refractivity contribution in [3.05, 3.63) is 69.8 Å². The molecule has 2 aromatic carbocycles. The predicted molar refractivity (Wildman–Crippen MR) is 110 cm³/mol. The van der Waals surface area contributed by atoms with Gasteiger partial charge in [-0.15, -0.1) is 0 Å². The molecule has 0 saturated carbocycles. The van der Waals surface area contributed by atoms with Crippen molar-refractivity contribution in [3.8, 4) is 5.75 Å². The molecule has 134 valence electrons. The third kappa shape index (κ3) is 3.73. The van der Waals surface area contributed by atoms with E-state index >= 15 is 0 Å². The highest BCUT2D eigenvalue weighted by atomic mass is 79.9. The number of thiocarbonyl (C=S) groups is 1. The molecule has 0 radical (unpaired) electrons. The lowest BCUT2D eigenvalue weighted by molar-refractivity contribution is -0.113. The number of halogens is 1. The number of ether oxygens (including phenoxy) is 1. The van der Waals surface area contributed by atoms with Gasteiger partial charge in [0.2, 0.25) is 0 Å². The average molecular weight is 432 g/mol. The second-order valence-electron chi connectivity index (χ2n) is 5.75. The lowest BCUT2D eigenvalue weighted by Crippen LogP contribution is -2.45. The highest BCUT2D eigenvalue weighted by Gasteiger charge is 2.31. The summed E-state index contributed by atoms with van der Waals surface area (Å²) < 4.78 is 6.22. The van der Waals surface area contributed by atoms with Gasteiger partial charge < -0.3 is 20.7 Å². The summed E-state index contributed by atoms with van der Waals surface area (Å²) in [7, 11) is 1.57. The summed E-state index contributed by atoms with van der Waals surface area (Å²) >= 11 is 8.85. The molecule has 5 nitrogen and oxygen atoms in total. The van der Waals surface area contributed by atoms with Crippen molar-refractivity contribution >= 4 is 44.9 Å². The Balaban J connectivity index is 1.99. The predicted octanol–water partition coefficient (Wildman–Crippen LogP) is 3.89. The SMILES string of the molecule is COc1ccccc1NC(=O)C1=C(C)NC(=S)N[C@H]1c1ccccc1Br. The molecule has 1 aliphatic rings. The minimum Gasteiger partial charge on any atom is -0.495 e. The first-order valence-electron chi connectivity index (χ1n) is 7.98. The molecule has 2 aromatic rings. The summed E-state index contributed by atoms with van der Waals surface area (Å²) in [6.45, 7) is 1.84. The third-order valence-corrected chi connectivity index (χ3v) is 5.03. The molecule has 3 rings (SSSR count). The van der Waals surface area contributed by atoms with Gasteiger partial charge in [0.25, 0.3) is 5.91 Å². The molecule has 7 heteroatoms. The van der Waals surface area contributed by atoms with Crippen LogP contribution in [0.15, 0.2) is 64.3 Å². The van der Waals surface area contributed by atoms with E-state index in [2.05, 4.69) is 31.9 Å². The van der Waals surface area contributed by atoms with Crippen molar-refractivity contribution in [2.45, 2.75) is 13.0 Å². The minimum absolute atomic E-state index is 0.227. The zero-order chi connectivity index (χ0) is 18.7. The van der Waals surface area contributed by atoms with Gasteiger partial charge in [-0.3, -0.25) is 4.79 Å². The number of methoxy groups -OCH3 is 1. The van der Waals surface area contributed by atoms with Crippen LogP contribution in [-0.2, 0) is 4.79 Å². The quantitative estimate of drug-likeness (QED) is 0.640. The van der Waals surface area contributed by atoms with E-state index in [4.69, 9.17) is 17.0 Å². The molecule has 26 heavy (non-hydrogen) atoms. The van der Waals surface area contributed by atoms with Gasteiger partial charge >= 0.3 is 0 Å². The molecule has 0 saturated heterocycles. The third-order valence-electron chi connectivity index (χ3n) is 4.09. The fourth-order valence-corrected chi connectivity index (χ4v) is 3.66. The van der Waals surface area contributed by atoms with Crippen LogP contribution in [0.25, 0.3) is 0 Å². The first-order valence-corrected chi connectivity index (χ1v) is 9.18. The maximum absolute atomic E-state index is 13.1. The second kappa shape index (κ2) is 7.88. The molecule has 0 unspecified atom stereocenters. The van der Waals surface area contributed by atoms with E-state index in [9.17, 15) is 4.79 Å². The Morgan fingerprint density at radius 3 is 2.62 bits per heavy atom. The summed E-state index contributed by atoms with van der Waals surface area (Å²) in [5.74, 6) is 0.374. The number of hydrogen-bond donors (Lipinski definition) is 3. The van der Waals surface area contributed by atoms with Crippen molar-refractivity contribution in [1.82, 2.24) is 10.6 Å². The highest BCUT2D eigenvalue weighted by Crippen LogP contribution is 2.33. The summed E-state index contributed by atoms with van der Waals surface area (Å²) in [6, 6.07) is 14.7. The summed E-state index contributed by atoms with van der Waals surface area (Å²) in [5, 5.41) is 9.64. The zero-order valence-electron chi connectivity index (χ0n) is 14.3. The van der Waals surface area contributed by atoms with E-state index in [1.165, 1.54) is 0 Å². The van der Waals surface area contributed by atoms with E-state index < -0.39 is 0 Å². The standard InChI is InChI=1S/C19H18BrN3O2S/c1-11-16(18(24)22-14-9-5-6-10-15(14)25-2)17(23-19(26)21-11)12-7-3-4-8-13(12)20/h3-10,17H,1-2H3,(H,22,24)(H2,21,23,26)/t17-/m0/s1. The molecule has 1 aliphatic heterocycles. The largest absolute Gasteiger partial charge is 0.495 e. The monoisotopic (exact) mass is 431 g/mol. The Morgan fingerprint density at radius 1 is 1.19 bits per heavy atom. The number of hydrogen-bond acceptors (Lipinski definition) is 3. The number of nitrogens with one attached hydrogen (secondary N) is 3. The van der Waals surface area contributed by atoms with E-state index in [1.54, 1.807) is 19.2 Å². The maximum Gasteiger partial charge on any atom is 0.255 e. The minimum atomic E-state index is -0.367. The number of carbonyl (C=O) groups is 1. The van der Waals surface area contributed by atoms with E-state index in [1.807, 2.05) is 43.3 Å². The Morgan fingerprint density at radius 2 is 1.88 bits per heavy atom. The number of benzene rings is 2. The highest BCUT2D eigenvalue weighted by molar-refractivity contribution is 9.10. The van der Waals surface area contributed by atoms with Gasteiger partial charge in [-0.25, -0.2) is 0 Å². The fraction of sp³-hybridized carbons (Fsp3) is 0.158. The van der Waals surface area contributed by atoms with Crippen LogP contribution in [0, 0.1) is 0 Å². The van der Waals surface area contributed by atoms with Crippen LogP contribution < -0.4 is 20.7 Å². The molecule has 0 aliphatic carbocycles. The van der Waals surface area contributed by atoms with Crippen LogP contribution in [0.5, 0.6) is 5.75 Å². The van der Waals surface area contributed by atoms with E-state index in [0.717, 1.165) is 10.0 Å². The van der Waals surface area contributed by atoms with Gasteiger partial charge in [0, 0.05) is 10.2 Å². The lowest BCUT2D eigenvalue weighted by Gasteiger charge is -2.31. The van der Waals surface area contributed by atoms with Gasteiger partial charge in [0.1, 0.15) is 5.75 Å². The van der Waals surface area contributed by atoms with Crippen molar-refractivity contribution < 1.29 is 9.53 Å². The molecule has 0 aromatic heterocycles. The van der Waals surface area contributed by atoms with Gasteiger partial charge in [0.15, 0.2) is 5.11 Å². The zero-order valence-corrected chi connectivity index (χ0v) is 16.7. The van der Waals surface area contributed by atoms with Gasteiger partial charge in [-0.2, -0.15) is 0 Å². The van der Waals surface area contributed by atoms with Gasteiger partial charge in [-0.05, 0) is 42.9 Å². The van der Waals surface area contributed by atoms with Crippen molar-refractivity contribution in [2.24, 2.45) is 0 Å². The molecule has 0 bridgehead atoms. The smallest absolute Gasteiger partial charge is 0.255 e. The van der Waals surface area contributed by atoms with Crippen LogP contribution in [0.3, 0.4) is 0 Å². The summed E-state index contributed by atoms with van der Waals surface area (Å²) in [5.41, 5.74) is 2.82. The van der Waals surface area contributed by atoms with E-state index in [0.29, 0.717) is 27.8 Å². The van der Waals surface area contributed by atoms with Crippen LogP contribution in [0.2, 0.25) is 0 Å². The molecular formula is C19H18BrN3O2S. The molecular weight excluding hydrogens is 414 g/mol. The van der Waals surface area contributed by atoms with Gasteiger partial charge in [-0.1, -0.05) is 46.3 Å². The summed E-state index contributed by atoms with van der Waals surface area (Å²) in [4.78, 5) is 13.1. The Bertz CT molecular complexity index is 898. The number of rotatable bonds is 4. The number of amides is 1. The molecule has 1 amide bonds. The topological polar surface area (TPSA) is 62.4 Å². The molecule has 3 N–H and O–H groups in total. The average Bonchev–Trinajstić information content (AvgIpc) is 2.61.